The van der Waals surface area contributed by atoms with E-state index in [9.17, 15) is 9.59 Å². The number of para-hydroxylation sites is 1. The van der Waals surface area contributed by atoms with Crippen LogP contribution in [0.3, 0.4) is 0 Å². The monoisotopic (exact) mass is 454 g/mol. The summed E-state index contributed by atoms with van der Waals surface area (Å²) in [5.41, 5.74) is 3.87. The van der Waals surface area contributed by atoms with Crippen LogP contribution in [0.25, 0.3) is 5.57 Å². The van der Waals surface area contributed by atoms with Crippen molar-refractivity contribution in [3.63, 3.8) is 0 Å². The van der Waals surface area contributed by atoms with Gasteiger partial charge in [0.1, 0.15) is 11.8 Å². The standard InChI is InChI=1S/C29H30N2O3/c1-20-15-17-22(18-16-20)19-30-26(21(2)23-11-7-6-8-12-23)31(28(33)34-29(3,4)5)25-14-10-9-13-24(25)27(30)32/h6-18,26H,2,19H2,1,3-5H3. The minimum Gasteiger partial charge on any atom is -0.443 e. The number of nitrogens with zero attached hydrogens (tertiary/aromatic N) is 2. The van der Waals surface area contributed by atoms with Gasteiger partial charge in [-0.1, -0.05) is 78.9 Å². The van der Waals surface area contributed by atoms with Gasteiger partial charge in [0.25, 0.3) is 5.91 Å². The number of rotatable bonds is 4. The molecular weight excluding hydrogens is 424 g/mol. The Morgan fingerprint density at radius 2 is 1.56 bits per heavy atom. The van der Waals surface area contributed by atoms with E-state index in [2.05, 4.69) is 6.58 Å². The first kappa shape index (κ1) is 23.3. The second kappa shape index (κ2) is 9.18. The number of carbonyl (C=O) groups is 2. The van der Waals surface area contributed by atoms with Gasteiger partial charge in [-0.05, 0) is 56.5 Å². The number of benzene rings is 3. The Bertz CT molecular complexity index is 1210. The molecule has 3 aromatic carbocycles. The summed E-state index contributed by atoms with van der Waals surface area (Å²) in [5, 5.41) is 0. The van der Waals surface area contributed by atoms with E-state index in [0.29, 0.717) is 23.4 Å². The third-order valence-electron chi connectivity index (χ3n) is 5.71. The fourth-order valence-corrected chi connectivity index (χ4v) is 4.10. The lowest BCUT2D eigenvalue weighted by Gasteiger charge is -2.45. The fraction of sp³-hybridized carbons (Fsp3) is 0.241. The predicted molar refractivity (Wildman–Crippen MR) is 135 cm³/mol. The van der Waals surface area contributed by atoms with Crippen LogP contribution >= 0.6 is 0 Å². The van der Waals surface area contributed by atoms with Crippen LogP contribution in [0.15, 0.2) is 85.4 Å². The number of fused-ring (bicyclic) bond motifs is 1. The molecule has 0 N–H and O–H groups in total. The molecule has 4 rings (SSSR count). The molecule has 0 aromatic heterocycles. The topological polar surface area (TPSA) is 49.9 Å². The number of anilines is 1. The lowest BCUT2D eigenvalue weighted by molar-refractivity contribution is 0.0490. The molecule has 0 bridgehead atoms. The molecule has 0 aliphatic carbocycles. The molecule has 0 spiro atoms. The van der Waals surface area contributed by atoms with Gasteiger partial charge in [0.2, 0.25) is 0 Å². The SMILES string of the molecule is C=C(c1ccccc1)C1N(Cc2ccc(C)cc2)C(=O)c2ccccc2N1C(=O)OC(C)(C)C. The van der Waals surface area contributed by atoms with Crippen molar-refractivity contribution in [2.24, 2.45) is 0 Å². The molecule has 0 saturated carbocycles. The van der Waals surface area contributed by atoms with Crippen molar-refractivity contribution in [2.75, 3.05) is 4.90 Å². The third kappa shape index (κ3) is 4.74. The van der Waals surface area contributed by atoms with E-state index in [1.54, 1.807) is 28.0 Å². The van der Waals surface area contributed by atoms with Gasteiger partial charge in [-0.2, -0.15) is 0 Å². The summed E-state index contributed by atoms with van der Waals surface area (Å²) in [6, 6.07) is 24.8. The molecule has 0 saturated heterocycles. The summed E-state index contributed by atoms with van der Waals surface area (Å²) in [6.07, 6.45) is -1.27. The Morgan fingerprint density at radius 1 is 0.941 bits per heavy atom. The van der Waals surface area contributed by atoms with Crippen LogP contribution in [0.2, 0.25) is 0 Å². The zero-order chi connectivity index (χ0) is 24.5. The highest BCUT2D eigenvalue weighted by atomic mass is 16.6. The predicted octanol–water partition coefficient (Wildman–Crippen LogP) is 6.43. The molecule has 0 radical (unpaired) electrons. The van der Waals surface area contributed by atoms with E-state index in [-0.39, 0.29) is 5.91 Å². The number of amides is 2. The summed E-state index contributed by atoms with van der Waals surface area (Å²) in [4.78, 5) is 30.7. The summed E-state index contributed by atoms with van der Waals surface area (Å²) in [7, 11) is 0. The van der Waals surface area contributed by atoms with Gasteiger partial charge in [0.05, 0.1) is 11.3 Å². The van der Waals surface area contributed by atoms with Crippen LogP contribution in [0.4, 0.5) is 10.5 Å². The zero-order valence-corrected chi connectivity index (χ0v) is 20.1. The molecule has 174 valence electrons. The van der Waals surface area contributed by atoms with Crippen LogP contribution in [0.1, 0.15) is 47.8 Å². The van der Waals surface area contributed by atoms with Gasteiger partial charge in [-0.15, -0.1) is 0 Å². The highest BCUT2D eigenvalue weighted by Gasteiger charge is 2.43. The lowest BCUT2D eigenvalue weighted by atomic mass is 9.97. The molecule has 1 atom stereocenters. The first-order valence-electron chi connectivity index (χ1n) is 11.4. The van der Waals surface area contributed by atoms with Crippen molar-refractivity contribution in [3.05, 3.63) is 108 Å². The number of hydrogen-bond donors (Lipinski definition) is 0. The molecular formula is C29H30N2O3. The highest BCUT2D eigenvalue weighted by Crippen LogP contribution is 2.38. The molecule has 3 aromatic rings. The molecule has 2 amide bonds. The largest absolute Gasteiger partial charge is 0.443 e. The number of hydrogen-bond acceptors (Lipinski definition) is 3. The fourth-order valence-electron chi connectivity index (χ4n) is 4.10. The third-order valence-corrected chi connectivity index (χ3v) is 5.71. The van der Waals surface area contributed by atoms with Gasteiger partial charge >= 0.3 is 6.09 Å². The van der Waals surface area contributed by atoms with E-state index < -0.39 is 17.9 Å². The molecule has 1 unspecified atom stereocenters. The van der Waals surface area contributed by atoms with Crippen molar-refractivity contribution in [2.45, 2.75) is 46.0 Å². The summed E-state index contributed by atoms with van der Waals surface area (Å²) in [5.74, 6) is -0.155. The van der Waals surface area contributed by atoms with E-state index in [4.69, 9.17) is 4.74 Å². The molecule has 5 nitrogen and oxygen atoms in total. The average molecular weight is 455 g/mol. The van der Waals surface area contributed by atoms with E-state index in [1.807, 2.05) is 88.4 Å². The number of ether oxygens (including phenoxy) is 1. The van der Waals surface area contributed by atoms with Crippen molar-refractivity contribution in [3.8, 4) is 0 Å². The minimum atomic E-state index is -0.749. The maximum Gasteiger partial charge on any atom is 0.416 e. The lowest BCUT2D eigenvalue weighted by Crippen LogP contribution is -2.58. The molecule has 1 aliphatic rings. The van der Waals surface area contributed by atoms with Gasteiger partial charge in [-0.25, -0.2) is 4.79 Å². The molecule has 0 fully saturated rings. The zero-order valence-electron chi connectivity index (χ0n) is 20.1. The van der Waals surface area contributed by atoms with Crippen molar-refractivity contribution < 1.29 is 14.3 Å². The van der Waals surface area contributed by atoms with Gasteiger partial charge < -0.3 is 9.64 Å². The Morgan fingerprint density at radius 3 is 2.21 bits per heavy atom. The van der Waals surface area contributed by atoms with E-state index >= 15 is 0 Å². The maximum atomic E-state index is 13.8. The molecule has 5 heteroatoms. The summed E-state index contributed by atoms with van der Waals surface area (Å²) in [6.45, 7) is 12.2. The van der Waals surface area contributed by atoms with Crippen molar-refractivity contribution in [1.29, 1.82) is 0 Å². The van der Waals surface area contributed by atoms with Gasteiger partial charge in [0.15, 0.2) is 0 Å². The van der Waals surface area contributed by atoms with Crippen molar-refractivity contribution >= 4 is 23.3 Å². The maximum absolute atomic E-state index is 13.8. The summed E-state index contributed by atoms with van der Waals surface area (Å²) < 4.78 is 5.81. The molecule has 34 heavy (non-hydrogen) atoms. The Hall–Kier alpha value is -3.86. The normalized spacial score (nSPS) is 15.6. The minimum absolute atomic E-state index is 0.155. The molecule has 1 aliphatic heterocycles. The average Bonchev–Trinajstić information content (AvgIpc) is 2.81. The van der Waals surface area contributed by atoms with Crippen LogP contribution in [0, 0.1) is 6.92 Å². The molecule has 1 heterocycles. The van der Waals surface area contributed by atoms with Gasteiger partial charge in [0, 0.05) is 6.54 Å². The van der Waals surface area contributed by atoms with E-state index in [1.165, 1.54) is 0 Å². The Balaban J connectivity index is 1.87. The number of carbonyl (C=O) groups excluding carboxylic acids is 2. The van der Waals surface area contributed by atoms with Crippen LogP contribution in [0.5, 0.6) is 0 Å². The number of aryl methyl sites for hydroxylation is 1. The van der Waals surface area contributed by atoms with Crippen molar-refractivity contribution in [1.82, 2.24) is 4.90 Å². The highest BCUT2D eigenvalue weighted by molar-refractivity contribution is 6.08. The first-order chi connectivity index (χ1) is 16.2. The second-order valence-electron chi connectivity index (χ2n) is 9.55. The smallest absolute Gasteiger partial charge is 0.416 e. The van der Waals surface area contributed by atoms with Crippen LogP contribution in [-0.4, -0.2) is 28.7 Å². The van der Waals surface area contributed by atoms with E-state index in [0.717, 1.165) is 16.7 Å². The second-order valence-corrected chi connectivity index (χ2v) is 9.55. The van der Waals surface area contributed by atoms with Crippen LogP contribution < -0.4 is 4.90 Å². The Kier molecular flexibility index (Phi) is 6.29. The summed E-state index contributed by atoms with van der Waals surface area (Å²) >= 11 is 0. The van der Waals surface area contributed by atoms with Crippen LogP contribution in [-0.2, 0) is 11.3 Å². The van der Waals surface area contributed by atoms with Gasteiger partial charge in [-0.3, -0.25) is 9.69 Å². The first-order valence-corrected chi connectivity index (χ1v) is 11.4. The quantitative estimate of drug-likeness (QED) is 0.456. The Labute approximate surface area is 201 Å².